The molecule has 0 saturated carbocycles. The van der Waals surface area contributed by atoms with Gasteiger partial charge in [-0.15, -0.1) is 0 Å². The van der Waals surface area contributed by atoms with E-state index in [4.69, 9.17) is 33.2 Å². The van der Waals surface area contributed by atoms with Gasteiger partial charge >= 0.3 is 24.5 Å². The Hall–Kier alpha value is -4.76. The van der Waals surface area contributed by atoms with Crippen LogP contribution in [0.25, 0.3) is 0 Å². The number of rotatable bonds is 7. The standard InChI is InChI=1S/C28H38N4O16S/c1-14-17(29-22(30-23(33)47-27(2,3)4)31-24(34)48-28(5,6)7)12-19(49(39,40)41)45-20(14)21(18-13-42-25(35)44-18)46-26(36)43-16-10-8-15(9-11-16)32(37)38/h8-11,14,17-21H,12-13H2,1-7H3,(H,39,40,41)(H2,29,30,31,33,34)/t14-,17+,18-,19+,20-,21-/m1/s1. The van der Waals surface area contributed by atoms with Crippen molar-refractivity contribution >= 4 is 46.3 Å². The van der Waals surface area contributed by atoms with Crippen molar-refractivity contribution in [3.05, 3.63) is 34.4 Å². The number of guanidine groups is 1. The number of carbonyl (C=O) groups excluding carboxylic acids is 4. The van der Waals surface area contributed by atoms with Crippen molar-refractivity contribution in [3.8, 4) is 5.75 Å². The number of nitro benzene ring substituents is 1. The molecule has 1 aromatic carbocycles. The summed E-state index contributed by atoms with van der Waals surface area (Å²) in [5, 5.41) is 15.5. The third-order valence-corrected chi connectivity index (χ3v) is 7.49. The van der Waals surface area contributed by atoms with Crippen LogP contribution in [0.4, 0.5) is 24.9 Å². The summed E-state index contributed by atoms with van der Waals surface area (Å²) in [5.74, 6) is -1.68. The Morgan fingerprint density at radius 2 is 1.59 bits per heavy atom. The summed E-state index contributed by atoms with van der Waals surface area (Å²) >= 11 is 0. The lowest BCUT2D eigenvalue weighted by Crippen LogP contribution is -2.56. The van der Waals surface area contributed by atoms with E-state index in [1.807, 2.05) is 0 Å². The molecule has 0 bridgehead atoms. The van der Waals surface area contributed by atoms with E-state index >= 15 is 0 Å². The first kappa shape index (κ1) is 38.7. The molecule has 2 heterocycles. The van der Waals surface area contributed by atoms with Crippen molar-refractivity contribution in [2.75, 3.05) is 6.61 Å². The highest BCUT2D eigenvalue weighted by Crippen LogP contribution is 2.35. The molecule has 6 atom stereocenters. The van der Waals surface area contributed by atoms with E-state index in [0.717, 1.165) is 24.3 Å². The number of amides is 2. The number of nitrogens with zero attached hydrogens (tertiary/aromatic N) is 2. The summed E-state index contributed by atoms with van der Waals surface area (Å²) in [7, 11) is -4.98. The van der Waals surface area contributed by atoms with Crippen LogP contribution in [0, 0.1) is 16.0 Å². The quantitative estimate of drug-likeness (QED) is 0.0532. The van der Waals surface area contributed by atoms with E-state index in [0.29, 0.717) is 0 Å². The fourth-order valence-corrected chi connectivity index (χ4v) is 5.22. The zero-order valence-electron chi connectivity index (χ0n) is 27.6. The molecular formula is C28H38N4O16S. The van der Waals surface area contributed by atoms with Crippen LogP contribution in [0.2, 0.25) is 0 Å². The second-order valence-corrected chi connectivity index (χ2v) is 14.4. The molecule has 2 aliphatic heterocycles. The Labute approximate surface area is 280 Å². The Balaban J connectivity index is 1.99. The molecule has 0 spiro atoms. The number of nitro groups is 1. The highest BCUT2D eigenvalue weighted by atomic mass is 32.2. The zero-order chi connectivity index (χ0) is 36.9. The topological polar surface area (TPSA) is 267 Å². The Morgan fingerprint density at radius 3 is 2.04 bits per heavy atom. The molecular weight excluding hydrogens is 680 g/mol. The van der Waals surface area contributed by atoms with Gasteiger partial charge in [0.25, 0.3) is 15.8 Å². The van der Waals surface area contributed by atoms with Gasteiger partial charge in [0.05, 0.1) is 11.0 Å². The smallest absolute Gasteiger partial charge is 0.444 e. The van der Waals surface area contributed by atoms with E-state index in [2.05, 4.69) is 15.6 Å². The van der Waals surface area contributed by atoms with E-state index in [1.54, 1.807) is 41.5 Å². The van der Waals surface area contributed by atoms with Crippen LogP contribution in [-0.4, -0.2) is 95.9 Å². The minimum atomic E-state index is -4.98. The number of alkyl carbamates (subject to hydrolysis) is 2. The summed E-state index contributed by atoms with van der Waals surface area (Å²) in [4.78, 5) is 64.7. The molecule has 3 rings (SSSR count). The van der Waals surface area contributed by atoms with Crippen molar-refractivity contribution < 1.29 is 70.2 Å². The lowest BCUT2D eigenvalue weighted by molar-refractivity contribution is -0.384. The summed E-state index contributed by atoms with van der Waals surface area (Å²) in [5.41, 5.74) is -4.23. The maximum atomic E-state index is 12.9. The zero-order valence-corrected chi connectivity index (χ0v) is 28.4. The lowest BCUT2D eigenvalue weighted by atomic mass is 9.86. The molecule has 2 amide bonds. The summed E-state index contributed by atoms with van der Waals surface area (Å²) in [6.07, 6.45) is -9.74. The second-order valence-electron chi connectivity index (χ2n) is 12.8. The third-order valence-electron chi connectivity index (χ3n) is 6.52. The molecule has 3 N–H and O–H groups in total. The van der Waals surface area contributed by atoms with Crippen molar-refractivity contribution in [1.82, 2.24) is 10.6 Å². The molecule has 272 valence electrons. The second kappa shape index (κ2) is 15.2. The molecule has 2 aliphatic rings. The molecule has 21 heteroatoms. The minimum absolute atomic E-state index is 0.170. The maximum Gasteiger partial charge on any atom is 0.514 e. The highest BCUT2D eigenvalue weighted by molar-refractivity contribution is 7.86. The molecule has 0 radical (unpaired) electrons. The molecule has 49 heavy (non-hydrogen) atoms. The minimum Gasteiger partial charge on any atom is -0.444 e. The monoisotopic (exact) mass is 718 g/mol. The molecule has 0 aliphatic carbocycles. The fraction of sp³-hybridized carbons (Fsp3) is 0.607. The van der Waals surface area contributed by atoms with Crippen LogP contribution >= 0.6 is 0 Å². The molecule has 1 aromatic rings. The average molecular weight is 719 g/mol. The van der Waals surface area contributed by atoms with Crippen LogP contribution in [0.3, 0.4) is 0 Å². The summed E-state index contributed by atoms with van der Waals surface area (Å²) < 4.78 is 71.4. The maximum absolute atomic E-state index is 12.9. The van der Waals surface area contributed by atoms with Gasteiger partial charge in [0.1, 0.15) is 29.7 Å². The van der Waals surface area contributed by atoms with Gasteiger partial charge < -0.3 is 33.2 Å². The Bertz CT molecular complexity index is 1520. The molecule has 0 aromatic heterocycles. The van der Waals surface area contributed by atoms with Gasteiger partial charge in [0, 0.05) is 24.5 Å². The first-order valence-electron chi connectivity index (χ1n) is 14.7. The van der Waals surface area contributed by atoms with E-state index in [1.165, 1.54) is 6.92 Å². The number of cyclic esters (lactones) is 2. The summed E-state index contributed by atoms with van der Waals surface area (Å²) in [6, 6.07) is 3.13. The van der Waals surface area contributed by atoms with Gasteiger partial charge in [0.15, 0.2) is 17.6 Å². The number of hydrogen-bond donors (Lipinski definition) is 3. The number of benzene rings is 1. The van der Waals surface area contributed by atoms with Gasteiger partial charge in [-0.25, -0.2) is 24.2 Å². The lowest BCUT2D eigenvalue weighted by Gasteiger charge is -2.41. The number of nitrogens with one attached hydrogen (secondary N) is 2. The van der Waals surface area contributed by atoms with Crippen LogP contribution in [0.1, 0.15) is 54.9 Å². The van der Waals surface area contributed by atoms with Gasteiger partial charge in [-0.05, 0) is 53.7 Å². The first-order chi connectivity index (χ1) is 22.5. The Morgan fingerprint density at radius 1 is 1.04 bits per heavy atom. The van der Waals surface area contributed by atoms with Crippen molar-refractivity contribution in [2.45, 2.75) is 95.9 Å². The van der Waals surface area contributed by atoms with Crippen LogP contribution in [0.15, 0.2) is 29.3 Å². The van der Waals surface area contributed by atoms with Gasteiger partial charge in [-0.2, -0.15) is 8.42 Å². The van der Waals surface area contributed by atoms with Crippen molar-refractivity contribution in [2.24, 2.45) is 10.9 Å². The molecule has 2 saturated heterocycles. The number of ether oxygens (including phenoxy) is 7. The van der Waals surface area contributed by atoms with Crippen molar-refractivity contribution in [1.29, 1.82) is 0 Å². The van der Waals surface area contributed by atoms with Crippen LogP contribution in [0.5, 0.6) is 5.75 Å². The molecule has 2 fully saturated rings. The Kier molecular flexibility index (Phi) is 12.0. The predicted molar refractivity (Wildman–Crippen MR) is 164 cm³/mol. The SMILES string of the molecule is C[C@H]1[C@H]([C@H](OC(=O)Oc2ccc([N+](=O)[O-])cc2)[C@H]2COC(=O)O2)O[C@@H](S(=O)(=O)O)C[C@@H]1N=C(NC(=O)OC(C)(C)C)NC(=O)OC(C)(C)C. The van der Waals surface area contributed by atoms with Gasteiger partial charge in [-0.3, -0.25) is 25.3 Å². The number of carbonyl (C=O) groups is 4. The number of aliphatic imine (C=N–C) groups is 1. The van der Waals surface area contributed by atoms with E-state index in [-0.39, 0.29) is 11.4 Å². The van der Waals surface area contributed by atoms with Crippen molar-refractivity contribution in [3.63, 3.8) is 0 Å². The number of non-ortho nitro benzene ring substituents is 1. The molecule has 0 unspecified atom stereocenters. The predicted octanol–water partition coefficient (Wildman–Crippen LogP) is 3.43. The normalized spacial score (nSPS) is 23.1. The first-order valence-corrected chi connectivity index (χ1v) is 16.2. The van der Waals surface area contributed by atoms with E-state index in [9.17, 15) is 42.3 Å². The average Bonchev–Trinajstić information content (AvgIpc) is 3.36. The number of hydrogen-bond acceptors (Lipinski definition) is 16. The third kappa shape index (κ3) is 12.0. The van der Waals surface area contributed by atoms with E-state index < -0.39 is 105 Å². The largest absolute Gasteiger partial charge is 0.514 e. The van der Waals surface area contributed by atoms with Gasteiger partial charge in [-0.1, -0.05) is 6.92 Å². The fourth-order valence-electron chi connectivity index (χ4n) is 4.51. The van der Waals surface area contributed by atoms with Gasteiger partial charge in [0.2, 0.25) is 5.96 Å². The van der Waals surface area contributed by atoms with Crippen LogP contribution in [-0.2, 0) is 38.5 Å². The molecule has 20 nitrogen and oxygen atoms in total. The summed E-state index contributed by atoms with van der Waals surface area (Å²) in [6.45, 7) is 10.5. The van der Waals surface area contributed by atoms with Crippen LogP contribution < -0.4 is 15.4 Å². The highest BCUT2D eigenvalue weighted by Gasteiger charge is 2.51.